The molecule has 30 heavy (non-hydrogen) atoms. The predicted molar refractivity (Wildman–Crippen MR) is 127 cm³/mol. The van der Waals surface area contributed by atoms with Crippen LogP contribution in [-0.4, -0.2) is 12.1 Å². The molecule has 3 aromatic rings. The van der Waals surface area contributed by atoms with Gasteiger partial charge in [0.25, 0.3) is 0 Å². The second-order valence-electron chi connectivity index (χ2n) is 7.49. The molecule has 156 valence electrons. The van der Waals surface area contributed by atoms with E-state index in [0.717, 1.165) is 50.9 Å². The molecular weight excluding hydrogens is 412 g/mol. The number of hydrogen-bond donors (Lipinski definition) is 1. The fourth-order valence-electron chi connectivity index (χ4n) is 3.83. The molecule has 0 radical (unpaired) electrons. The third-order valence-corrected chi connectivity index (χ3v) is 6.89. The van der Waals surface area contributed by atoms with Gasteiger partial charge in [-0.1, -0.05) is 61.2 Å². The summed E-state index contributed by atoms with van der Waals surface area (Å²) in [5.74, 6) is 3.61. The highest BCUT2D eigenvalue weighted by Gasteiger charge is 2.39. The molecule has 0 fully saturated rings. The highest BCUT2D eigenvalue weighted by molar-refractivity contribution is 7.12. The van der Waals surface area contributed by atoms with Gasteiger partial charge in [0.05, 0.1) is 17.8 Å². The zero-order valence-electron chi connectivity index (χ0n) is 17.8. The van der Waals surface area contributed by atoms with Crippen molar-refractivity contribution < 1.29 is 4.74 Å². The summed E-state index contributed by atoms with van der Waals surface area (Å²) in [5, 5.41) is 1.33. The Labute approximate surface area is 188 Å². The van der Waals surface area contributed by atoms with Crippen LogP contribution in [0.15, 0.2) is 42.5 Å². The largest absolute Gasteiger partial charge is 0.496 e. The molecule has 0 amide bonds. The van der Waals surface area contributed by atoms with Crippen molar-refractivity contribution in [3.8, 4) is 29.4 Å². The number of thiazole rings is 1. The molecule has 0 bridgehead atoms. The molecule has 2 N–H and O–H groups in total. The lowest BCUT2D eigenvalue weighted by atomic mass is 9.78. The Morgan fingerprint density at radius 2 is 1.97 bits per heavy atom. The molecule has 5 heteroatoms. The number of ether oxygens (including phenoxy) is 1. The van der Waals surface area contributed by atoms with Gasteiger partial charge in [-0.15, -0.1) is 17.8 Å². The number of halogens is 1. The number of rotatable bonds is 7. The Hall–Kier alpha value is -2.32. The van der Waals surface area contributed by atoms with Gasteiger partial charge in [-0.25, -0.2) is 4.98 Å². The first-order valence-corrected chi connectivity index (χ1v) is 11.2. The number of aromatic nitrogens is 1. The molecule has 0 aliphatic heterocycles. The van der Waals surface area contributed by atoms with Crippen LogP contribution < -0.4 is 10.5 Å². The van der Waals surface area contributed by atoms with Crippen molar-refractivity contribution in [2.45, 2.75) is 45.1 Å². The Balaban J connectivity index is 2.12. The average molecular weight is 439 g/mol. The molecular formula is C25H27ClN2OS. The zero-order valence-corrected chi connectivity index (χ0v) is 19.4. The molecule has 3 nitrogen and oxygen atoms in total. The quantitative estimate of drug-likeness (QED) is 0.430. The van der Waals surface area contributed by atoms with Gasteiger partial charge < -0.3 is 10.5 Å². The number of benzene rings is 2. The molecule has 0 aliphatic rings. The van der Waals surface area contributed by atoms with E-state index in [1.807, 2.05) is 44.2 Å². The zero-order chi connectivity index (χ0) is 21.9. The van der Waals surface area contributed by atoms with E-state index in [1.54, 1.807) is 18.4 Å². The van der Waals surface area contributed by atoms with Crippen LogP contribution in [0, 0.1) is 26.2 Å². The maximum absolute atomic E-state index is 6.91. The second kappa shape index (κ2) is 9.22. The van der Waals surface area contributed by atoms with Gasteiger partial charge in [0.2, 0.25) is 0 Å². The van der Waals surface area contributed by atoms with Gasteiger partial charge in [-0.2, -0.15) is 0 Å². The predicted octanol–water partition coefficient (Wildman–Crippen LogP) is 6.46. The van der Waals surface area contributed by atoms with Crippen LogP contribution in [-0.2, 0) is 5.54 Å². The standard InChI is InChI=1S/C25H27ClN2OS/c1-6-11-20(18-12-9-8-10-13-18)25(27,7-2)24-28-23(17(4)30-24)19-14-16(3)22(29-5)15-21(19)26/h2,8-10,12-15,20H,6,11,27H2,1,3-5H3/t20-,25?/m0/s1. The van der Waals surface area contributed by atoms with Crippen LogP contribution in [0.3, 0.4) is 0 Å². The molecule has 1 heterocycles. The Morgan fingerprint density at radius 1 is 1.27 bits per heavy atom. The topological polar surface area (TPSA) is 48.1 Å². The monoisotopic (exact) mass is 438 g/mol. The van der Waals surface area contributed by atoms with E-state index < -0.39 is 5.54 Å². The van der Waals surface area contributed by atoms with Gasteiger partial charge in [0.1, 0.15) is 16.3 Å². The number of terminal acetylenes is 1. The van der Waals surface area contributed by atoms with Crippen LogP contribution in [0.2, 0.25) is 5.02 Å². The van der Waals surface area contributed by atoms with Crippen molar-refractivity contribution >= 4 is 22.9 Å². The summed E-state index contributed by atoms with van der Waals surface area (Å²) in [4.78, 5) is 5.97. The van der Waals surface area contributed by atoms with E-state index in [9.17, 15) is 0 Å². The van der Waals surface area contributed by atoms with Crippen LogP contribution in [0.1, 0.15) is 46.7 Å². The fraction of sp³-hybridized carbons (Fsp3) is 0.320. The third-order valence-electron chi connectivity index (χ3n) is 5.46. The lowest BCUT2D eigenvalue weighted by molar-refractivity contribution is 0.412. The molecule has 3 rings (SSSR count). The Morgan fingerprint density at radius 3 is 2.57 bits per heavy atom. The molecule has 0 aliphatic carbocycles. The maximum atomic E-state index is 6.91. The number of nitrogens with zero attached hydrogens (tertiary/aromatic N) is 1. The van der Waals surface area contributed by atoms with Crippen molar-refractivity contribution in [2.75, 3.05) is 7.11 Å². The average Bonchev–Trinajstić information content (AvgIpc) is 3.15. The number of methoxy groups -OCH3 is 1. The molecule has 1 aromatic heterocycles. The highest BCUT2D eigenvalue weighted by atomic mass is 35.5. The highest BCUT2D eigenvalue weighted by Crippen LogP contribution is 2.43. The van der Waals surface area contributed by atoms with Gasteiger partial charge in [-0.05, 0) is 43.5 Å². The van der Waals surface area contributed by atoms with Crippen molar-refractivity contribution in [2.24, 2.45) is 5.73 Å². The Bertz CT molecular complexity index is 1070. The van der Waals surface area contributed by atoms with Crippen LogP contribution in [0.25, 0.3) is 11.3 Å². The summed E-state index contributed by atoms with van der Waals surface area (Å²) in [5.41, 5.74) is 9.72. The summed E-state index contributed by atoms with van der Waals surface area (Å²) in [6, 6.07) is 14.0. The minimum atomic E-state index is -1.00. The minimum Gasteiger partial charge on any atom is -0.496 e. The summed E-state index contributed by atoms with van der Waals surface area (Å²) in [7, 11) is 1.64. The van der Waals surface area contributed by atoms with Gasteiger partial charge in [0, 0.05) is 16.4 Å². The van der Waals surface area contributed by atoms with Crippen LogP contribution >= 0.6 is 22.9 Å². The summed E-state index contributed by atoms with van der Waals surface area (Å²) in [6.45, 7) is 6.16. The number of aryl methyl sites for hydroxylation is 2. The van der Waals surface area contributed by atoms with Crippen molar-refractivity contribution in [3.63, 3.8) is 0 Å². The third kappa shape index (κ3) is 4.11. The first-order valence-electron chi connectivity index (χ1n) is 9.99. The van der Waals surface area contributed by atoms with E-state index in [-0.39, 0.29) is 5.92 Å². The van der Waals surface area contributed by atoms with Gasteiger partial charge >= 0.3 is 0 Å². The number of nitrogens with two attached hydrogens (primary N) is 1. The maximum Gasteiger partial charge on any atom is 0.136 e. The van der Waals surface area contributed by atoms with Gasteiger partial charge in [0.15, 0.2) is 0 Å². The normalized spacial score (nSPS) is 14.0. The first kappa shape index (κ1) is 22.4. The van der Waals surface area contributed by atoms with Crippen LogP contribution in [0.5, 0.6) is 5.75 Å². The Kier molecular flexibility index (Phi) is 6.88. The molecule has 1 unspecified atom stereocenters. The van der Waals surface area contributed by atoms with Crippen molar-refractivity contribution in [1.29, 1.82) is 0 Å². The minimum absolute atomic E-state index is 0.0276. The molecule has 2 aromatic carbocycles. The lowest BCUT2D eigenvalue weighted by Gasteiger charge is -2.31. The SMILES string of the molecule is C#CC(N)(c1nc(-c2cc(C)c(OC)cc2Cl)c(C)s1)[C@@H](CCC)c1ccccc1. The molecule has 2 atom stereocenters. The fourth-order valence-corrected chi connectivity index (χ4v) is 5.12. The van der Waals surface area contributed by atoms with E-state index in [4.69, 9.17) is 33.5 Å². The van der Waals surface area contributed by atoms with E-state index in [2.05, 4.69) is 25.0 Å². The summed E-state index contributed by atoms with van der Waals surface area (Å²) in [6.07, 6.45) is 7.90. The van der Waals surface area contributed by atoms with Crippen molar-refractivity contribution in [1.82, 2.24) is 4.98 Å². The first-order chi connectivity index (χ1) is 14.3. The van der Waals surface area contributed by atoms with E-state index >= 15 is 0 Å². The second-order valence-corrected chi connectivity index (χ2v) is 9.10. The van der Waals surface area contributed by atoms with Crippen LogP contribution in [0.4, 0.5) is 0 Å². The van der Waals surface area contributed by atoms with E-state index in [1.165, 1.54) is 0 Å². The molecule has 0 saturated heterocycles. The smallest absolute Gasteiger partial charge is 0.136 e. The number of hydrogen-bond acceptors (Lipinski definition) is 4. The lowest BCUT2D eigenvalue weighted by Crippen LogP contribution is -2.41. The summed E-state index contributed by atoms with van der Waals surface area (Å²) >= 11 is 8.11. The molecule has 0 saturated carbocycles. The molecule has 0 spiro atoms. The van der Waals surface area contributed by atoms with E-state index in [0.29, 0.717) is 5.02 Å². The van der Waals surface area contributed by atoms with Gasteiger partial charge in [-0.3, -0.25) is 0 Å². The summed E-state index contributed by atoms with van der Waals surface area (Å²) < 4.78 is 5.38. The van der Waals surface area contributed by atoms with Crippen molar-refractivity contribution in [3.05, 3.63) is 68.5 Å².